The average molecular weight is 365 g/mol. The Kier molecular flexibility index (Phi) is 4.31. The van der Waals surface area contributed by atoms with Crippen LogP contribution in [0, 0.1) is 13.8 Å². The highest BCUT2D eigenvalue weighted by Crippen LogP contribution is 2.33. The zero-order valence-electron chi connectivity index (χ0n) is 15.5. The van der Waals surface area contributed by atoms with Gasteiger partial charge < -0.3 is 20.8 Å². The van der Waals surface area contributed by atoms with Gasteiger partial charge in [0.05, 0.1) is 17.8 Å². The van der Waals surface area contributed by atoms with Gasteiger partial charge in [-0.3, -0.25) is 0 Å². The van der Waals surface area contributed by atoms with E-state index in [2.05, 4.69) is 19.9 Å². The van der Waals surface area contributed by atoms with Crippen molar-refractivity contribution in [3.8, 4) is 17.1 Å². The Morgan fingerprint density at radius 1 is 1.15 bits per heavy atom. The molecular weight excluding hydrogens is 342 g/mol. The lowest BCUT2D eigenvalue weighted by Gasteiger charge is -2.30. The highest BCUT2D eigenvalue weighted by molar-refractivity contribution is 5.91. The van der Waals surface area contributed by atoms with Gasteiger partial charge in [-0.25, -0.2) is 15.0 Å². The molecule has 0 unspecified atom stereocenters. The second-order valence-corrected chi connectivity index (χ2v) is 7.11. The van der Waals surface area contributed by atoms with Crippen molar-refractivity contribution in [2.24, 2.45) is 0 Å². The number of anilines is 2. The number of aromatic hydroxyl groups is 1. The molecule has 27 heavy (non-hydrogen) atoms. The predicted molar refractivity (Wildman–Crippen MR) is 106 cm³/mol. The maximum Gasteiger partial charge on any atom is 0.162 e. The third-order valence-corrected chi connectivity index (χ3v) is 5.25. The molecule has 0 saturated carbocycles. The summed E-state index contributed by atoms with van der Waals surface area (Å²) in [5, 5.41) is 20.5. The molecule has 1 aliphatic rings. The molecule has 4 N–H and O–H groups in total. The smallest absolute Gasteiger partial charge is 0.162 e. The maximum absolute atomic E-state index is 10.0. The van der Waals surface area contributed by atoms with Crippen LogP contribution in [0.2, 0.25) is 0 Å². The van der Waals surface area contributed by atoms with Crippen LogP contribution in [0.5, 0.6) is 5.75 Å². The first-order valence-corrected chi connectivity index (χ1v) is 9.10. The fourth-order valence-electron chi connectivity index (χ4n) is 3.60. The van der Waals surface area contributed by atoms with Gasteiger partial charge in [-0.05, 0) is 44.4 Å². The van der Waals surface area contributed by atoms with E-state index in [1.54, 1.807) is 12.3 Å². The number of hydrogen-bond acceptors (Lipinski definition) is 7. The third-order valence-electron chi connectivity index (χ3n) is 5.25. The summed E-state index contributed by atoms with van der Waals surface area (Å²) in [7, 11) is 0. The molecule has 7 nitrogen and oxygen atoms in total. The van der Waals surface area contributed by atoms with Gasteiger partial charge in [0.2, 0.25) is 0 Å². The lowest BCUT2D eigenvalue weighted by atomic mass is 10.0. The minimum atomic E-state index is -0.230. The van der Waals surface area contributed by atoms with E-state index in [-0.39, 0.29) is 11.9 Å². The molecule has 0 radical (unpaired) electrons. The molecule has 0 aliphatic carbocycles. The summed E-state index contributed by atoms with van der Waals surface area (Å²) >= 11 is 0. The Labute approximate surface area is 157 Å². The molecule has 1 aromatic carbocycles. The van der Waals surface area contributed by atoms with Gasteiger partial charge in [0, 0.05) is 29.6 Å². The Hall–Kier alpha value is -2.93. The van der Waals surface area contributed by atoms with Crippen molar-refractivity contribution in [1.29, 1.82) is 0 Å². The maximum atomic E-state index is 10.0. The standard InChI is InChI=1S/C20H23N5O2/c1-11-3-4-16(27)12(2)18(11)20-23-15-10-22-17(9-14(15)19(21)24-20)25-7-5-13(26)6-8-25/h3-4,9-10,13,26-27H,5-8H2,1-2H3,(H2,21,23,24). The second-order valence-electron chi connectivity index (χ2n) is 7.11. The van der Waals surface area contributed by atoms with Crippen molar-refractivity contribution < 1.29 is 10.2 Å². The van der Waals surface area contributed by atoms with E-state index in [1.807, 2.05) is 26.0 Å². The minimum absolute atomic E-state index is 0.207. The number of pyridine rings is 1. The summed E-state index contributed by atoms with van der Waals surface area (Å²) in [6, 6.07) is 5.42. The Morgan fingerprint density at radius 3 is 2.63 bits per heavy atom. The summed E-state index contributed by atoms with van der Waals surface area (Å²) in [5.74, 6) is 1.90. The molecule has 0 bridgehead atoms. The molecule has 7 heteroatoms. The number of phenolic OH excluding ortho intramolecular Hbond substituents is 1. The monoisotopic (exact) mass is 365 g/mol. The molecule has 4 rings (SSSR count). The van der Waals surface area contributed by atoms with Crippen molar-refractivity contribution in [3.63, 3.8) is 0 Å². The lowest BCUT2D eigenvalue weighted by Crippen LogP contribution is -2.36. The summed E-state index contributed by atoms with van der Waals surface area (Å²) < 4.78 is 0. The summed E-state index contributed by atoms with van der Waals surface area (Å²) in [6.45, 7) is 5.32. The van der Waals surface area contributed by atoms with Gasteiger partial charge in [-0.1, -0.05) is 6.07 Å². The second kappa shape index (κ2) is 6.66. The quantitative estimate of drug-likeness (QED) is 0.640. The van der Waals surface area contributed by atoms with Crippen LogP contribution in [0.1, 0.15) is 24.0 Å². The van der Waals surface area contributed by atoms with Crippen molar-refractivity contribution in [1.82, 2.24) is 15.0 Å². The zero-order valence-corrected chi connectivity index (χ0v) is 15.5. The highest BCUT2D eigenvalue weighted by atomic mass is 16.3. The lowest BCUT2D eigenvalue weighted by molar-refractivity contribution is 0.145. The molecule has 0 amide bonds. The van der Waals surface area contributed by atoms with E-state index in [9.17, 15) is 10.2 Å². The summed E-state index contributed by atoms with van der Waals surface area (Å²) in [4.78, 5) is 15.8. The number of piperidine rings is 1. The molecule has 140 valence electrons. The van der Waals surface area contributed by atoms with E-state index in [0.717, 1.165) is 53.8 Å². The van der Waals surface area contributed by atoms with Crippen LogP contribution in [-0.2, 0) is 0 Å². The number of rotatable bonds is 2. The molecule has 0 atom stereocenters. The van der Waals surface area contributed by atoms with Gasteiger partial charge in [0.25, 0.3) is 0 Å². The molecular formula is C20H23N5O2. The molecule has 3 heterocycles. The highest BCUT2D eigenvalue weighted by Gasteiger charge is 2.20. The molecule has 0 spiro atoms. The van der Waals surface area contributed by atoms with Gasteiger partial charge in [0.15, 0.2) is 5.82 Å². The molecule has 1 saturated heterocycles. The predicted octanol–water partition coefficient (Wildman–Crippen LogP) is 2.56. The average Bonchev–Trinajstić information content (AvgIpc) is 2.66. The number of nitrogen functional groups attached to an aromatic ring is 1. The molecule has 1 fully saturated rings. The van der Waals surface area contributed by atoms with Crippen molar-refractivity contribution in [2.75, 3.05) is 23.7 Å². The number of aromatic nitrogens is 3. The number of aryl methyl sites for hydroxylation is 1. The van der Waals surface area contributed by atoms with Crippen LogP contribution in [0.3, 0.4) is 0 Å². The topological polar surface area (TPSA) is 108 Å². The number of benzene rings is 1. The number of phenols is 1. The van der Waals surface area contributed by atoms with Crippen LogP contribution >= 0.6 is 0 Å². The van der Waals surface area contributed by atoms with Crippen molar-refractivity contribution in [2.45, 2.75) is 32.8 Å². The number of aliphatic hydroxyl groups is 1. The Balaban J connectivity index is 1.77. The van der Waals surface area contributed by atoms with Crippen LogP contribution in [0.15, 0.2) is 24.4 Å². The number of fused-ring (bicyclic) bond motifs is 1. The number of hydrogen-bond donors (Lipinski definition) is 3. The van der Waals surface area contributed by atoms with Crippen LogP contribution in [-0.4, -0.2) is 44.4 Å². The molecule has 2 aromatic heterocycles. The SMILES string of the molecule is Cc1ccc(O)c(C)c1-c1nc(N)c2cc(N3CCC(O)CC3)ncc2n1. The zero-order chi connectivity index (χ0) is 19.1. The van der Waals surface area contributed by atoms with Gasteiger partial charge in [-0.15, -0.1) is 0 Å². The van der Waals surface area contributed by atoms with E-state index in [0.29, 0.717) is 17.2 Å². The van der Waals surface area contributed by atoms with Crippen molar-refractivity contribution >= 4 is 22.5 Å². The molecule has 1 aliphatic heterocycles. The first kappa shape index (κ1) is 17.5. The largest absolute Gasteiger partial charge is 0.508 e. The van der Waals surface area contributed by atoms with Crippen LogP contribution < -0.4 is 10.6 Å². The molecule has 3 aromatic rings. The summed E-state index contributed by atoms with van der Waals surface area (Å²) in [5.41, 5.74) is 9.41. The normalized spacial score (nSPS) is 15.4. The third kappa shape index (κ3) is 3.14. The fraction of sp³-hybridized carbons (Fsp3) is 0.350. The van der Waals surface area contributed by atoms with E-state index in [1.165, 1.54) is 0 Å². The first-order valence-electron chi connectivity index (χ1n) is 9.10. The number of nitrogens with two attached hydrogens (primary N) is 1. The Morgan fingerprint density at radius 2 is 1.89 bits per heavy atom. The fourth-order valence-corrected chi connectivity index (χ4v) is 3.60. The van der Waals surface area contributed by atoms with E-state index in [4.69, 9.17) is 5.73 Å². The Bertz CT molecular complexity index is 1010. The van der Waals surface area contributed by atoms with Crippen LogP contribution in [0.4, 0.5) is 11.6 Å². The van der Waals surface area contributed by atoms with E-state index >= 15 is 0 Å². The summed E-state index contributed by atoms with van der Waals surface area (Å²) in [6.07, 6.45) is 2.96. The van der Waals surface area contributed by atoms with Crippen LogP contribution in [0.25, 0.3) is 22.3 Å². The first-order chi connectivity index (χ1) is 12.9. The number of nitrogens with zero attached hydrogens (tertiary/aromatic N) is 4. The van der Waals surface area contributed by atoms with Gasteiger partial charge in [0.1, 0.15) is 17.4 Å². The van der Waals surface area contributed by atoms with Gasteiger partial charge >= 0.3 is 0 Å². The van der Waals surface area contributed by atoms with E-state index < -0.39 is 0 Å². The van der Waals surface area contributed by atoms with Gasteiger partial charge in [-0.2, -0.15) is 0 Å². The number of aliphatic hydroxyl groups excluding tert-OH is 1. The minimum Gasteiger partial charge on any atom is -0.508 e. The van der Waals surface area contributed by atoms with Crippen molar-refractivity contribution in [3.05, 3.63) is 35.5 Å².